The molecule has 0 saturated heterocycles. The zero-order valence-corrected chi connectivity index (χ0v) is 12.4. The number of amides is 1. The van der Waals surface area contributed by atoms with Crippen molar-refractivity contribution in [3.05, 3.63) is 24.3 Å². The van der Waals surface area contributed by atoms with Gasteiger partial charge in [-0.2, -0.15) is 0 Å². The summed E-state index contributed by atoms with van der Waals surface area (Å²) in [7, 11) is 1.67. The maximum absolute atomic E-state index is 11.7. The largest absolute Gasteiger partial charge is 0.491 e. The Bertz CT molecular complexity index is 391. The van der Waals surface area contributed by atoms with Gasteiger partial charge in [0.25, 0.3) is 0 Å². The van der Waals surface area contributed by atoms with Crippen LogP contribution in [0.2, 0.25) is 0 Å². The highest BCUT2D eigenvalue weighted by Gasteiger charge is 2.02. The van der Waals surface area contributed by atoms with Gasteiger partial charge in [0.05, 0.1) is 12.6 Å². The van der Waals surface area contributed by atoms with Gasteiger partial charge in [-0.1, -0.05) is 0 Å². The van der Waals surface area contributed by atoms with Crippen LogP contribution in [0.1, 0.15) is 20.3 Å². The smallest absolute Gasteiger partial charge is 0.238 e. The van der Waals surface area contributed by atoms with Crippen LogP contribution in [0.4, 0.5) is 5.69 Å². The monoisotopic (exact) mass is 280 g/mol. The van der Waals surface area contributed by atoms with Crippen LogP contribution in [-0.4, -0.2) is 38.8 Å². The molecule has 0 aliphatic heterocycles. The Morgan fingerprint density at radius 3 is 2.55 bits per heavy atom. The van der Waals surface area contributed by atoms with Crippen LogP contribution in [0.3, 0.4) is 0 Å². The summed E-state index contributed by atoms with van der Waals surface area (Å²) < 4.78 is 10.5. The molecule has 0 radical (unpaired) electrons. The molecule has 1 rings (SSSR count). The van der Waals surface area contributed by atoms with E-state index < -0.39 is 0 Å². The van der Waals surface area contributed by atoms with Crippen molar-refractivity contribution in [3.63, 3.8) is 0 Å². The molecule has 0 spiro atoms. The maximum Gasteiger partial charge on any atom is 0.238 e. The molecule has 5 heteroatoms. The molecule has 0 unspecified atom stereocenters. The van der Waals surface area contributed by atoms with Gasteiger partial charge in [-0.3, -0.25) is 4.79 Å². The molecular formula is C15H24N2O3. The highest BCUT2D eigenvalue weighted by atomic mass is 16.5. The first kappa shape index (κ1) is 16.5. The SMILES string of the molecule is COCCCNCC(=O)Nc1ccc(OC(C)C)cc1. The van der Waals surface area contributed by atoms with E-state index in [1.54, 1.807) is 7.11 Å². The predicted molar refractivity (Wildman–Crippen MR) is 80.2 cm³/mol. The molecule has 0 aliphatic rings. The molecule has 0 atom stereocenters. The highest BCUT2D eigenvalue weighted by Crippen LogP contribution is 2.16. The summed E-state index contributed by atoms with van der Waals surface area (Å²) in [6.07, 6.45) is 1.04. The molecule has 5 nitrogen and oxygen atoms in total. The Labute approximate surface area is 120 Å². The second-order valence-corrected chi connectivity index (χ2v) is 4.76. The van der Waals surface area contributed by atoms with Gasteiger partial charge in [0.1, 0.15) is 5.75 Å². The van der Waals surface area contributed by atoms with Crippen molar-refractivity contribution in [3.8, 4) is 5.75 Å². The van der Waals surface area contributed by atoms with Gasteiger partial charge in [-0.05, 0) is 51.1 Å². The Morgan fingerprint density at radius 1 is 1.25 bits per heavy atom. The summed E-state index contributed by atoms with van der Waals surface area (Å²) in [6.45, 7) is 5.72. The van der Waals surface area contributed by atoms with Gasteiger partial charge < -0.3 is 20.1 Å². The van der Waals surface area contributed by atoms with E-state index in [2.05, 4.69) is 10.6 Å². The molecule has 0 saturated carbocycles. The number of nitrogens with one attached hydrogen (secondary N) is 2. The third kappa shape index (κ3) is 7.11. The lowest BCUT2D eigenvalue weighted by Crippen LogP contribution is -2.29. The first-order chi connectivity index (χ1) is 9.61. The lowest BCUT2D eigenvalue weighted by atomic mass is 10.3. The van der Waals surface area contributed by atoms with Crippen molar-refractivity contribution in [1.29, 1.82) is 0 Å². The topological polar surface area (TPSA) is 59.6 Å². The zero-order valence-electron chi connectivity index (χ0n) is 12.4. The lowest BCUT2D eigenvalue weighted by Gasteiger charge is -2.11. The van der Waals surface area contributed by atoms with Crippen molar-refractivity contribution in [1.82, 2.24) is 5.32 Å². The number of hydrogen-bond donors (Lipinski definition) is 2. The third-order valence-corrected chi connectivity index (χ3v) is 2.50. The number of methoxy groups -OCH3 is 1. The summed E-state index contributed by atoms with van der Waals surface area (Å²) >= 11 is 0. The Kier molecular flexibility index (Phi) is 7.69. The van der Waals surface area contributed by atoms with Gasteiger partial charge in [0.2, 0.25) is 5.91 Å². The van der Waals surface area contributed by atoms with E-state index in [4.69, 9.17) is 9.47 Å². The molecule has 0 aromatic heterocycles. The fourth-order valence-electron chi connectivity index (χ4n) is 1.64. The average molecular weight is 280 g/mol. The van der Waals surface area contributed by atoms with Gasteiger partial charge in [-0.15, -0.1) is 0 Å². The van der Waals surface area contributed by atoms with Crippen LogP contribution >= 0.6 is 0 Å². The Morgan fingerprint density at radius 2 is 1.95 bits per heavy atom. The fraction of sp³-hybridized carbons (Fsp3) is 0.533. The summed E-state index contributed by atoms with van der Waals surface area (Å²) in [6, 6.07) is 7.37. The first-order valence-corrected chi connectivity index (χ1v) is 6.88. The van der Waals surface area contributed by atoms with E-state index in [1.165, 1.54) is 0 Å². The first-order valence-electron chi connectivity index (χ1n) is 6.88. The lowest BCUT2D eigenvalue weighted by molar-refractivity contribution is -0.115. The minimum atomic E-state index is -0.0556. The summed E-state index contributed by atoms with van der Waals surface area (Å²) in [5, 5.41) is 5.89. The molecule has 0 aliphatic carbocycles. The molecule has 1 aromatic carbocycles. The molecule has 0 bridgehead atoms. The second kappa shape index (κ2) is 9.34. The number of carbonyl (C=O) groups excluding carboxylic acids is 1. The number of benzene rings is 1. The van der Waals surface area contributed by atoms with Crippen molar-refractivity contribution in [2.75, 3.05) is 32.1 Å². The van der Waals surface area contributed by atoms with Gasteiger partial charge in [-0.25, -0.2) is 0 Å². The minimum Gasteiger partial charge on any atom is -0.491 e. The molecule has 0 fully saturated rings. The second-order valence-electron chi connectivity index (χ2n) is 4.76. The number of rotatable bonds is 9. The molecule has 20 heavy (non-hydrogen) atoms. The third-order valence-electron chi connectivity index (χ3n) is 2.50. The minimum absolute atomic E-state index is 0.0556. The Balaban J connectivity index is 2.27. The number of ether oxygens (including phenoxy) is 2. The molecular weight excluding hydrogens is 256 g/mol. The molecule has 1 aromatic rings. The summed E-state index contributed by atoms with van der Waals surface area (Å²) in [5.41, 5.74) is 0.768. The van der Waals surface area contributed by atoms with E-state index in [1.807, 2.05) is 38.1 Å². The molecule has 2 N–H and O–H groups in total. The normalized spacial score (nSPS) is 10.6. The number of carbonyl (C=O) groups is 1. The van der Waals surface area contributed by atoms with Crippen LogP contribution in [0, 0.1) is 0 Å². The van der Waals surface area contributed by atoms with Gasteiger partial charge >= 0.3 is 0 Å². The van der Waals surface area contributed by atoms with Crippen molar-refractivity contribution < 1.29 is 14.3 Å². The van der Waals surface area contributed by atoms with Crippen molar-refractivity contribution in [2.24, 2.45) is 0 Å². The standard InChI is InChI=1S/C15H24N2O3/c1-12(2)20-14-7-5-13(6-8-14)17-15(18)11-16-9-4-10-19-3/h5-8,12,16H,4,9-11H2,1-3H3,(H,17,18). The summed E-state index contributed by atoms with van der Waals surface area (Å²) in [4.78, 5) is 11.7. The number of hydrogen-bond acceptors (Lipinski definition) is 4. The van der Waals surface area contributed by atoms with Crippen LogP contribution in [0.25, 0.3) is 0 Å². The van der Waals surface area contributed by atoms with Crippen molar-refractivity contribution in [2.45, 2.75) is 26.4 Å². The van der Waals surface area contributed by atoms with Crippen LogP contribution < -0.4 is 15.4 Å². The van der Waals surface area contributed by atoms with Crippen LogP contribution in [-0.2, 0) is 9.53 Å². The van der Waals surface area contributed by atoms with Gasteiger partial charge in [0.15, 0.2) is 0 Å². The van der Waals surface area contributed by atoms with Gasteiger partial charge in [0, 0.05) is 19.4 Å². The molecule has 0 heterocycles. The zero-order chi connectivity index (χ0) is 14.8. The quantitative estimate of drug-likeness (QED) is 0.680. The van der Waals surface area contributed by atoms with E-state index in [9.17, 15) is 4.79 Å². The summed E-state index contributed by atoms with van der Waals surface area (Å²) in [5.74, 6) is 0.746. The van der Waals surface area contributed by atoms with E-state index in [0.29, 0.717) is 13.2 Å². The predicted octanol–water partition coefficient (Wildman–Crippen LogP) is 2.04. The van der Waals surface area contributed by atoms with Crippen molar-refractivity contribution >= 4 is 11.6 Å². The van der Waals surface area contributed by atoms with E-state index >= 15 is 0 Å². The fourth-order valence-corrected chi connectivity index (χ4v) is 1.64. The number of anilines is 1. The maximum atomic E-state index is 11.7. The Hall–Kier alpha value is -1.59. The van der Waals surface area contributed by atoms with E-state index in [-0.39, 0.29) is 12.0 Å². The molecule has 112 valence electrons. The van der Waals surface area contributed by atoms with Crippen LogP contribution in [0.15, 0.2) is 24.3 Å². The molecule has 1 amide bonds. The highest BCUT2D eigenvalue weighted by molar-refractivity contribution is 5.92. The van der Waals surface area contributed by atoms with Crippen LogP contribution in [0.5, 0.6) is 5.75 Å². The average Bonchev–Trinajstić information content (AvgIpc) is 2.40. The van der Waals surface area contributed by atoms with E-state index in [0.717, 1.165) is 24.4 Å².